The Hall–Kier alpha value is -1.11. The first kappa shape index (κ1) is 14.8. The molecule has 0 aliphatic heterocycles. The van der Waals surface area contributed by atoms with Crippen LogP contribution in [0.5, 0.6) is 0 Å². The van der Waals surface area contributed by atoms with E-state index in [1.165, 1.54) is 4.70 Å². The summed E-state index contributed by atoms with van der Waals surface area (Å²) in [6.07, 6.45) is 3.02. The third-order valence-corrected chi connectivity index (χ3v) is 5.93. The summed E-state index contributed by atoms with van der Waals surface area (Å²) >= 11 is 3.40. The van der Waals surface area contributed by atoms with E-state index in [4.69, 9.17) is 5.73 Å². The molecule has 3 N–H and O–H groups in total. The Balaban J connectivity index is 1.59. The fourth-order valence-corrected chi connectivity index (χ4v) is 4.50. The van der Waals surface area contributed by atoms with Crippen molar-refractivity contribution in [3.63, 3.8) is 0 Å². The van der Waals surface area contributed by atoms with Crippen LogP contribution in [0, 0.1) is 0 Å². The number of aromatic nitrogens is 1. The number of para-hydroxylation sites is 1. The highest BCUT2D eigenvalue weighted by molar-refractivity contribution is 8.01. The molecule has 1 saturated carbocycles. The third kappa shape index (κ3) is 3.56. The Bertz CT molecular complexity index is 620. The molecule has 1 atom stereocenters. The second kappa shape index (κ2) is 5.94. The van der Waals surface area contributed by atoms with Gasteiger partial charge < -0.3 is 11.1 Å². The Morgan fingerprint density at radius 2 is 2.29 bits per heavy atom. The number of benzene rings is 1. The predicted octanol–water partition coefficient (Wildman–Crippen LogP) is 2.77. The normalized spacial score (nSPS) is 17.8. The lowest BCUT2D eigenvalue weighted by atomic mass is 9.98. The SMILES string of the molecule is CC(CCSc1nc2ccccc2s1)(NC1CC1)C(N)=O. The van der Waals surface area contributed by atoms with E-state index < -0.39 is 5.54 Å². The van der Waals surface area contributed by atoms with Crippen LogP contribution in [0.2, 0.25) is 0 Å². The minimum atomic E-state index is -0.606. The van der Waals surface area contributed by atoms with Gasteiger partial charge in [0.15, 0.2) is 4.34 Å². The highest BCUT2D eigenvalue weighted by Gasteiger charge is 2.36. The van der Waals surface area contributed by atoms with Gasteiger partial charge in [-0.25, -0.2) is 4.98 Å². The molecular formula is C15H19N3OS2. The first-order valence-corrected chi connectivity index (χ1v) is 8.93. The number of rotatable bonds is 7. The van der Waals surface area contributed by atoms with E-state index in [-0.39, 0.29) is 5.91 Å². The zero-order valence-corrected chi connectivity index (χ0v) is 13.6. The molecule has 1 aliphatic rings. The topological polar surface area (TPSA) is 68.0 Å². The molecule has 0 bridgehead atoms. The van der Waals surface area contributed by atoms with Gasteiger partial charge in [0.25, 0.3) is 0 Å². The fourth-order valence-electron chi connectivity index (χ4n) is 2.20. The fraction of sp³-hybridized carbons (Fsp3) is 0.467. The molecule has 1 aliphatic carbocycles. The maximum Gasteiger partial charge on any atom is 0.237 e. The van der Waals surface area contributed by atoms with Crippen LogP contribution < -0.4 is 11.1 Å². The van der Waals surface area contributed by atoms with E-state index in [1.54, 1.807) is 23.1 Å². The lowest BCUT2D eigenvalue weighted by Gasteiger charge is -2.27. The number of hydrogen-bond acceptors (Lipinski definition) is 5. The second-order valence-corrected chi connectivity index (χ2v) is 8.03. The number of fused-ring (bicyclic) bond motifs is 1. The van der Waals surface area contributed by atoms with Gasteiger partial charge in [-0.15, -0.1) is 11.3 Å². The molecule has 1 heterocycles. The van der Waals surface area contributed by atoms with Crippen molar-refractivity contribution in [2.24, 2.45) is 5.73 Å². The van der Waals surface area contributed by atoms with E-state index in [0.29, 0.717) is 6.04 Å². The minimum Gasteiger partial charge on any atom is -0.368 e. The largest absolute Gasteiger partial charge is 0.368 e. The number of carbonyl (C=O) groups is 1. The summed E-state index contributed by atoms with van der Waals surface area (Å²) in [6, 6.07) is 8.60. The highest BCUT2D eigenvalue weighted by atomic mass is 32.2. The maximum absolute atomic E-state index is 11.7. The number of nitrogens with zero attached hydrogens (tertiary/aromatic N) is 1. The molecule has 1 unspecified atom stereocenters. The summed E-state index contributed by atoms with van der Waals surface area (Å²) in [4.78, 5) is 16.3. The van der Waals surface area contributed by atoms with E-state index >= 15 is 0 Å². The van der Waals surface area contributed by atoms with Crippen molar-refractivity contribution in [1.29, 1.82) is 0 Å². The lowest BCUT2D eigenvalue weighted by Crippen LogP contribution is -2.54. The van der Waals surface area contributed by atoms with Crippen LogP contribution in [-0.4, -0.2) is 28.2 Å². The van der Waals surface area contributed by atoms with E-state index in [1.807, 2.05) is 25.1 Å². The van der Waals surface area contributed by atoms with Gasteiger partial charge in [0.05, 0.1) is 15.8 Å². The van der Waals surface area contributed by atoms with E-state index in [2.05, 4.69) is 16.4 Å². The van der Waals surface area contributed by atoms with Gasteiger partial charge in [-0.05, 0) is 38.3 Å². The summed E-state index contributed by atoms with van der Waals surface area (Å²) in [5, 5.41) is 3.37. The number of thioether (sulfide) groups is 1. The van der Waals surface area contributed by atoms with Crippen molar-refractivity contribution in [2.45, 2.75) is 42.1 Å². The standard InChI is InChI=1S/C15H19N3OS2/c1-15(13(16)19,18-10-6-7-10)8-9-20-14-17-11-4-2-3-5-12(11)21-14/h2-5,10,18H,6-9H2,1H3,(H2,16,19). The van der Waals surface area contributed by atoms with Crippen LogP contribution >= 0.6 is 23.1 Å². The predicted molar refractivity (Wildman–Crippen MR) is 88.7 cm³/mol. The Labute approximate surface area is 132 Å². The summed E-state index contributed by atoms with van der Waals surface area (Å²) in [5.74, 6) is 0.568. The van der Waals surface area contributed by atoms with Crippen LogP contribution in [0.3, 0.4) is 0 Å². The molecule has 1 fully saturated rings. The van der Waals surface area contributed by atoms with Crippen LogP contribution in [0.4, 0.5) is 0 Å². The maximum atomic E-state index is 11.7. The van der Waals surface area contributed by atoms with E-state index in [9.17, 15) is 4.79 Å². The smallest absolute Gasteiger partial charge is 0.237 e. The summed E-state index contributed by atoms with van der Waals surface area (Å²) in [5.41, 5.74) is 6.00. The molecule has 112 valence electrons. The quantitative estimate of drug-likeness (QED) is 0.770. The van der Waals surface area contributed by atoms with Crippen molar-refractivity contribution in [3.05, 3.63) is 24.3 Å². The summed E-state index contributed by atoms with van der Waals surface area (Å²) in [6.45, 7) is 1.91. The highest BCUT2D eigenvalue weighted by Crippen LogP contribution is 2.31. The van der Waals surface area contributed by atoms with Crippen LogP contribution in [-0.2, 0) is 4.79 Å². The number of thiazole rings is 1. The van der Waals surface area contributed by atoms with Gasteiger partial charge >= 0.3 is 0 Å². The van der Waals surface area contributed by atoms with Crippen LogP contribution in [0.25, 0.3) is 10.2 Å². The minimum absolute atomic E-state index is 0.265. The van der Waals surface area contributed by atoms with Gasteiger partial charge in [-0.1, -0.05) is 23.9 Å². The molecule has 1 aromatic carbocycles. The average molecular weight is 321 g/mol. The number of nitrogens with two attached hydrogens (primary N) is 1. The number of hydrogen-bond donors (Lipinski definition) is 2. The molecule has 6 heteroatoms. The number of nitrogens with one attached hydrogen (secondary N) is 1. The number of carbonyl (C=O) groups excluding carboxylic acids is 1. The van der Waals surface area contributed by atoms with Crippen molar-refractivity contribution in [3.8, 4) is 0 Å². The molecule has 21 heavy (non-hydrogen) atoms. The average Bonchev–Trinajstić information content (AvgIpc) is 3.15. The lowest BCUT2D eigenvalue weighted by molar-refractivity contribution is -0.124. The van der Waals surface area contributed by atoms with Gasteiger partial charge in [-0.2, -0.15) is 0 Å². The van der Waals surface area contributed by atoms with E-state index in [0.717, 1.165) is 34.9 Å². The van der Waals surface area contributed by atoms with Gasteiger partial charge in [-0.3, -0.25) is 4.79 Å². The van der Waals surface area contributed by atoms with Crippen molar-refractivity contribution in [1.82, 2.24) is 10.3 Å². The first-order chi connectivity index (χ1) is 10.1. The summed E-state index contributed by atoms with van der Waals surface area (Å²) in [7, 11) is 0. The van der Waals surface area contributed by atoms with Crippen molar-refractivity contribution >= 4 is 39.2 Å². The third-order valence-electron chi connectivity index (χ3n) is 3.75. The Morgan fingerprint density at radius 3 is 2.95 bits per heavy atom. The van der Waals surface area contributed by atoms with Crippen molar-refractivity contribution < 1.29 is 4.79 Å². The first-order valence-electron chi connectivity index (χ1n) is 7.13. The molecule has 0 spiro atoms. The molecule has 1 amide bonds. The zero-order valence-electron chi connectivity index (χ0n) is 12.0. The Morgan fingerprint density at radius 1 is 1.52 bits per heavy atom. The molecule has 0 radical (unpaired) electrons. The molecular weight excluding hydrogens is 302 g/mol. The molecule has 3 rings (SSSR count). The van der Waals surface area contributed by atoms with Crippen LogP contribution in [0.15, 0.2) is 28.6 Å². The molecule has 1 aromatic heterocycles. The zero-order chi connectivity index (χ0) is 14.9. The van der Waals surface area contributed by atoms with Gasteiger partial charge in [0.1, 0.15) is 0 Å². The molecule has 4 nitrogen and oxygen atoms in total. The summed E-state index contributed by atoms with van der Waals surface area (Å²) < 4.78 is 2.25. The number of amides is 1. The second-order valence-electron chi connectivity index (χ2n) is 5.66. The van der Waals surface area contributed by atoms with Gasteiger partial charge in [0, 0.05) is 11.8 Å². The van der Waals surface area contributed by atoms with Gasteiger partial charge in [0.2, 0.25) is 5.91 Å². The monoisotopic (exact) mass is 321 g/mol. The van der Waals surface area contributed by atoms with Crippen LogP contribution in [0.1, 0.15) is 26.2 Å². The molecule has 2 aromatic rings. The van der Waals surface area contributed by atoms with Crippen molar-refractivity contribution in [2.75, 3.05) is 5.75 Å². The molecule has 0 saturated heterocycles. The Kier molecular flexibility index (Phi) is 4.19. The number of primary amides is 1.